The van der Waals surface area contributed by atoms with E-state index < -0.39 is 5.82 Å². The zero-order chi connectivity index (χ0) is 11.5. The number of ether oxygens (including phenoxy) is 1. The molecule has 2 N–H and O–H groups in total. The van der Waals surface area contributed by atoms with Crippen LogP contribution in [0.25, 0.3) is 0 Å². The van der Waals surface area contributed by atoms with E-state index in [1.165, 1.54) is 13.2 Å². The van der Waals surface area contributed by atoms with Crippen molar-refractivity contribution in [2.75, 3.05) is 19.0 Å². The van der Waals surface area contributed by atoms with Crippen LogP contribution < -0.4 is 15.4 Å². The Bertz CT molecular complexity index is 409. The Hall–Kier alpha value is -1.78. The van der Waals surface area contributed by atoms with Gasteiger partial charge in [0.15, 0.2) is 11.6 Å². The number of amides is 1. The van der Waals surface area contributed by atoms with Gasteiger partial charge >= 0.3 is 0 Å². The van der Waals surface area contributed by atoms with Crippen molar-refractivity contribution in [3.8, 4) is 5.75 Å². The predicted molar refractivity (Wildman–Crippen MR) is 58.0 cm³/mol. The Kier molecular flexibility index (Phi) is 2.94. The quantitative estimate of drug-likeness (QED) is 0.809. The van der Waals surface area contributed by atoms with Gasteiger partial charge in [0, 0.05) is 18.3 Å². The summed E-state index contributed by atoms with van der Waals surface area (Å²) in [5.74, 6) is -0.268. The van der Waals surface area contributed by atoms with Crippen molar-refractivity contribution in [3.63, 3.8) is 0 Å². The highest BCUT2D eigenvalue weighted by Gasteiger charge is 2.23. The molecule has 4 nitrogen and oxygen atoms in total. The van der Waals surface area contributed by atoms with Crippen molar-refractivity contribution < 1.29 is 13.9 Å². The van der Waals surface area contributed by atoms with E-state index in [1.54, 1.807) is 12.1 Å². The van der Waals surface area contributed by atoms with Gasteiger partial charge in [-0.15, -0.1) is 0 Å². The Morgan fingerprint density at radius 3 is 3.00 bits per heavy atom. The highest BCUT2D eigenvalue weighted by atomic mass is 19.1. The van der Waals surface area contributed by atoms with Crippen LogP contribution in [-0.2, 0) is 4.79 Å². The normalized spacial score (nSPS) is 19.4. The van der Waals surface area contributed by atoms with E-state index in [2.05, 4.69) is 10.6 Å². The van der Waals surface area contributed by atoms with Crippen molar-refractivity contribution in [3.05, 3.63) is 24.0 Å². The van der Waals surface area contributed by atoms with Crippen LogP contribution in [0.5, 0.6) is 5.75 Å². The molecule has 16 heavy (non-hydrogen) atoms. The van der Waals surface area contributed by atoms with E-state index in [-0.39, 0.29) is 17.7 Å². The number of rotatable bonds is 3. The summed E-state index contributed by atoms with van der Waals surface area (Å²) < 4.78 is 18.0. The van der Waals surface area contributed by atoms with Gasteiger partial charge in [-0.2, -0.15) is 0 Å². The summed E-state index contributed by atoms with van der Waals surface area (Å²) in [5, 5.41) is 5.76. The molecule has 1 aliphatic heterocycles. The molecular weight excluding hydrogens is 211 g/mol. The monoisotopic (exact) mass is 224 g/mol. The number of nitrogens with one attached hydrogen (secondary N) is 2. The predicted octanol–water partition coefficient (Wildman–Crippen LogP) is 1.13. The van der Waals surface area contributed by atoms with E-state index >= 15 is 0 Å². The van der Waals surface area contributed by atoms with Gasteiger partial charge in [-0.05, 0) is 18.6 Å². The Morgan fingerprint density at radius 1 is 1.56 bits per heavy atom. The van der Waals surface area contributed by atoms with Gasteiger partial charge in [0.2, 0.25) is 5.91 Å². The summed E-state index contributed by atoms with van der Waals surface area (Å²) in [7, 11) is 1.41. The lowest BCUT2D eigenvalue weighted by Gasteiger charge is -2.12. The van der Waals surface area contributed by atoms with Crippen LogP contribution in [0.4, 0.5) is 10.1 Å². The maximum absolute atomic E-state index is 13.1. The van der Waals surface area contributed by atoms with Gasteiger partial charge in [-0.1, -0.05) is 0 Å². The smallest absolute Gasteiger partial charge is 0.242 e. The largest absolute Gasteiger partial charge is 0.494 e. The molecule has 1 aromatic rings. The average Bonchev–Trinajstić information content (AvgIpc) is 2.67. The molecule has 0 aliphatic carbocycles. The Morgan fingerprint density at radius 2 is 2.38 bits per heavy atom. The maximum atomic E-state index is 13.1. The van der Waals surface area contributed by atoms with Crippen molar-refractivity contribution in [1.82, 2.24) is 5.32 Å². The molecule has 5 heteroatoms. The van der Waals surface area contributed by atoms with Gasteiger partial charge in [0.25, 0.3) is 0 Å². The van der Waals surface area contributed by atoms with Gasteiger partial charge in [0.05, 0.1) is 7.11 Å². The number of halogens is 1. The number of carbonyl (C=O) groups excluding carboxylic acids is 1. The molecule has 0 radical (unpaired) electrons. The fraction of sp³-hybridized carbons (Fsp3) is 0.364. The number of hydrogen-bond donors (Lipinski definition) is 2. The first kappa shape index (κ1) is 10.7. The second-order valence-electron chi connectivity index (χ2n) is 3.63. The van der Waals surface area contributed by atoms with Gasteiger partial charge in [-0.25, -0.2) is 4.39 Å². The van der Waals surface area contributed by atoms with Crippen LogP contribution in [0.3, 0.4) is 0 Å². The Balaban J connectivity index is 2.12. The topological polar surface area (TPSA) is 50.4 Å². The molecular formula is C11H13FN2O2. The highest BCUT2D eigenvalue weighted by Crippen LogP contribution is 2.22. The molecule has 0 saturated carbocycles. The molecule has 1 aromatic carbocycles. The van der Waals surface area contributed by atoms with Gasteiger partial charge in [0.1, 0.15) is 6.04 Å². The van der Waals surface area contributed by atoms with Gasteiger partial charge in [-0.3, -0.25) is 4.79 Å². The first-order valence-electron chi connectivity index (χ1n) is 5.08. The average molecular weight is 224 g/mol. The SMILES string of the molecule is COc1cc(N[C@H]2CCNC2=O)ccc1F. The first-order valence-corrected chi connectivity index (χ1v) is 5.08. The first-order chi connectivity index (χ1) is 7.70. The fourth-order valence-electron chi connectivity index (χ4n) is 1.68. The second kappa shape index (κ2) is 4.38. The van der Waals surface area contributed by atoms with E-state index in [0.717, 1.165) is 6.42 Å². The summed E-state index contributed by atoms with van der Waals surface area (Å²) in [5.41, 5.74) is 0.681. The summed E-state index contributed by atoms with van der Waals surface area (Å²) in [6.07, 6.45) is 0.735. The molecule has 0 spiro atoms. The van der Waals surface area contributed by atoms with Crippen LogP contribution in [0, 0.1) is 5.82 Å². The fourth-order valence-corrected chi connectivity index (χ4v) is 1.68. The third-order valence-corrected chi connectivity index (χ3v) is 2.54. The molecule has 0 aromatic heterocycles. The van der Waals surface area contributed by atoms with Crippen molar-refractivity contribution >= 4 is 11.6 Å². The van der Waals surface area contributed by atoms with Crippen LogP contribution in [0.15, 0.2) is 18.2 Å². The van der Waals surface area contributed by atoms with E-state index in [1.807, 2.05) is 0 Å². The lowest BCUT2D eigenvalue weighted by Crippen LogP contribution is -2.29. The van der Waals surface area contributed by atoms with Crippen LogP contribution in [-0.4, -0.2) is 25.6 Å². The van der Waals surface area contributed by atoms with E-state index in [9.17, 15) is 9.18 Å². The maximum Gasteiger partial charge on any atom is 0.242 e. The summed E-state index contributed by atoms with van der Waals surface area (Å²) in [4.78, 5) is 11.3. The van der Waals surface area contributed by atoms with Gasteiger partial charge < -0.3 is 15.4 Å². The summed E-state index contributed by atoms with van der Waals surface area (Å²) in [6, 6.07) is 4.20. The lowest BCUT2D eigenvalue weighted by molar-refractivity contribution is -0.119. The molecule has 1 heterocycles. The Labute approximate surface area is 92.8 Å². The molecule has 1 atom stereocenters. The van der Waals surface area contributed by atoms with Crippen LogP contribution in [0.1, 0.15) is 6.42 Å². The third-order valence-electron chi connectivity index (χ3n) is 2.54. The number of carbonyl (C=O) groups is 1. The third kappa shape index (κ3) is 2.08. The lowest BCUT2D eigenvalue weighted by atomic mass is 10.2. The molecule has 1 amide bonds. The number of anilines is 1. The molecule has 2 rings (SSSR count). The molecule has 1 fully saturated rings. The molecule has 1 saturated heterocycles. The van der Waals surface area contributed by atoms with Crippen molar-refractivity contribution in [1.29, 1.82) is 0 Å². The molecule has 0 bridgehead atoms. The molecule has 86 valence electrons. The number of benzene rings is 1. The second-order valence-corrected chi connectivity index (χ2v) is 3.63. The minimum atomic E-state index is -0.413. The van der Waals surface area contributed by atoms with Crippen molar-refractivity contribution in [2.45, 2.75) is 12.5 Å². The number of hydrogen-bond acceptors (Lipinski definition) is 3. The molecule has 1 aliphatic rings. The highest BCUT2D eigenvalue weighted by molar-refractivity contribution is 5.86. The van der Waals surface area contributed by atoms with E-state index in [0.29, 0.717) is 12.2 Å². The zero-order valence-corrected chi connectivity index (χ0v) is 8.92. The van der Waals surface area contributed by atoms with Crippen molar-refractivity contribution in [2.24, 2.45) is 0 Å². The summed E-state index contributed by atoms with van der Waals surface area (Å²) in [6.45, 7) is 0.675. The standard InChI is InChI=1S/C11H13FN2O2/c1-16-10-6-7(2-3-8(10)12)14-9-4-5-13-11(9)15/h2-3,6,9,14H,4-5H2,1H3,(H,13,15)/t9-/m0/s1. The van der Waals surface area contributed by atoms with Crippen LogP contribution in [0.2, 0.25) is 0 Å². The van der Waals surface area contributed by atoms with E-state index in [4.69, 9.17) is 4.74 Å². The summed E-state index contributed by atoms with van der Waals surface area (Å²) >= 11 is 0. The minimum Gasteiger partial charge on any atom is -0.494 e. The number of methoxy groups -OCH3 is 1. The molecule has 0 unspecified atom stereocenters. The van der Waals surface area contributed by atoms with Crippen LogP contribution >= 0.6 is 0 Å². The minimum absolute atomic E-state index is 0.0247. The zero-order valence-electron chi connectivity index (χ0n) is 8.92.